The summed E-state index contributed by atoms with van der Waals surface area (Å²) < 4.78 is 15.9. The number of anilines is 1. The molecule has 0 amide bonds. The minimum Gasteiger partial charge on any atom is -0.493 e. The van der Waals surface area contributed by atoms with Crippen molar-refractivity contribution in [1.29, 1.82) is 0 Å². The maximum Gasteiger partial charge on any atom is 0.203 e. The van der Waals surface area contributed by atoms with Crippen LogP contribution in [0.3, 0.4) is 0 Å². The third-order valence-electron chi connectivity index (χ3n) is 3.60. The van der Waals surface area contributed by atoms with Crippen LogP contribution >= 0.6 is 0 Å². The normalized spacial score (nSPS) is 11.1. The zero-order chi connectivity index (χ0) is 15.2. The van der Waals surface area contributed by atoms with Gasteiger partial charge in [0.05, 0.1) is 26.9 Å². The minimum absolute atomic E-state index is 0.471. The lowest BCUT2D eigenvalue weighted by molar-refractivity contribution is 0.0457. The predicted octanol–water partition coefficient (Wildman–Crippen LogP) is 2.68. The molecule has 0 aliphatic heterocycles. The highest BCUT2D eigenvalue weighted by Gasteiger charge is 2.22. The molecule has 20 heavy (non-hydrogen) atoms. The molecule has 114 valence electrons. The standard InChI is InChI=1S/C15H25NO4/c1-6-15(17,7-2)10-16-11-8-12(18-3)14(20-5)13(9-11)19-4/h8-9,16-17H,6-7,10H2,1-5H3. The summed E-state index contributed by atoms with van der Waals surface area (Å²) in [6.45, 7) is 4.42. The van der Waals surface area contributed by atoms with E-state index in [0.29, 0.717) is 36.6 Å². The van der Waals surface area contributed by atoms with Gasteiger partial charge in [-0.25, -0.2) is 0 Å². The Morgan fingerprint density at radius 3 is 1.85 bits per heavy atom. The zero-order valence-electron chi connectivity index (χ0n) is 12.9. The third-order valence-corrected chi connectivity index (χ3v) is 3.60. The lowest BCUT2D eigenvalue weighted by Gasteiger charge is -2.26. The molecule has 1 aromatic rings. The van der Waals surface area contributed by atoms with Crippen LogP contribution in [0.15, 0.2) is 12.1 Å². The van der Waals surface area contributed by atoms with E-state index in [1.807, 2.05) is 26.0 Å². The average Bonchev–Trinajstić information content (AvgIpc) is 2.51. The highest BCUT2D eigenvalue weighted by atomic mass is 16.5. The molecule has 1 rings (SSSR count). The van der Waals surface area contributed by atoms with Gasteiger partial charge in [-0.15, -0.1) is 0 Å². The summed E-state index contributed by atoms with van der Waals surface area (Å²) in [7, 11) is 4.73. The smallest absolute Gasteiger partial charge is 0.203 e. The Kier molecular flexibility index (Phi) is 5.95. The second-order valence-electron chi connectivity index (χ2n) is 4.70. The van der Waals surface area contributed by atoms with Crippen molar-refractivity contribution in [2.75, 3.05) is 33.2 Å². The average molecular weight is 283 g/mol. The van der Waals surface area contributed by atoms with Crippen molar-refractivity contribution in [3.05, 3.63) is 12.1 Å². The summed E-state index contributed by atoms with van der Waals surface area (Å²) >= 11 is 0. The fourth-order valence-corrected chi connectivity index (χ4v) is 1.95. The van der Waals surface area contributed by atoms with Crippen LogP contribution in [0.4, 0.5) is 5.69 Å². The molecule has 5 nitrogen and oxygen atoms in total. The van der Waals surface area contributed by atoms with Gasteiger partial charge in [0.15, 0.2) is 11.5 Å². The molecule has 0 heterocycles. The minimum atomic E-state index is -0.708. The fraction of sp³-hybridized carbons (Fsp3) is 0.600. The first kappa shape index (κ1) is 16.4. The SMILES string of the molecule is CCC(O)(CC)CNc1cc(OC)c(OC)c(OC)c1. The Labute approximate surface area is 120 Å². The van der Waals surface area contributed by atoms with Crippen molar-refractivity contribution in [2.45, 2.75) is 32.3 Å². The van der Waals surface area contributed by atoms with Crippen LogP contribution in [0.1, 0.15) is 26.7 Å². The molecule has 2 N–H and O–H groups in total. The topological polar surface area (TPSA) is 60.0 Å². The Morgan fingerprint density at radius 2 is 1.50 bits per heavy atom. The van der Waals surface area contributed by atoms with Gasteiger partial charge in [0, 0.05) is 24.4 Å². The molecule has 1 aromatic carbocycles. The first-order chi connectivity index (χ1) is 9.53. The highest BCUT2D eigenvalue weighted by Crippen LogP contribution is 2.40. The molecule has 0 spiro atoms. The van der Waals surface area contributed by atoms with Crippen LogP contribution in [0.2, 0.25) is 0 Å². The summed E-state index contributed by atoms with van der Waals surface area (Å²) in [5.41, 5.74) is 0.111. The van der Waals surface area contributed by atoms with E-state index >= 15 is 0 Å². The number of hydrogen-bond acceptors (Lipinski definition) is 5. The van der Waals surface area contributed by atoms with Crippen LogP contribution in [-0.2, 0) is 0 Å². The van der Waals surface area contributed by atoms with Gasteiger partial charge >= 0.3 is 0 Å². The third kappa shape index (κ3) is 3.70. The van der Waals surface area contributed by atoms with E-state index in [0.717, 1.165) is 5.69 Å². The van der Waals surface area contributed by atoms with Gasteiger partial charge in [-0.2, -0.15) is 0 Å². The van der Waals surface area contributed by atoms with Crippen molar-refractivity contribution in [3.8, 4) is 17.2 Å². The van der Waals surface area contributed by atoms with Crippen LogP contribution < -0.4 is 19.5 Å². The first-order valence-corrected chi connectivity index (χ1v) is 6.79. The van der Waals surface area contributed by atoms with Gasteiger partial charge in [-0.05, 0) is 12.8 Å². The van der Waals surface area contributed by atoms with Crippen LogP contribution in [0.25, 0.3) is 0 Å². The number of benzene rings is 1. The maximum atomic E-state index is 10.3. The summed E-state index contributed by atoms with van der Waals surface area (Å²) in [5, 5.41) is 13.5. The van der Waals surface area contributed by atoms with E-state index in [1.165, 1.54) is 0 Å². The Morgan fingerprint density at radius 1 is 1.00 bits per heavy atom. The summed E-state index contributed by atoms with van der Waals surface area (Å²) in [6, 6.07) is 3.65. The summed E-state index contributed by atoms with van der Waals surface area (Å²) in [6.07, 6.45) is 1.39. The second kappa shape index (κ2) is 7.24. The van der Waals surface area contributed by atoms with Gasteiger partial charge in [0.2, 0.25) is 5.75 Å². The monoisotopic (exact) mass is 283 g/mol. The largest absolute Gasteiger partial charge is 0.493 e. The van der Waals surface area contributed by atoms with Gasteiger partial charge in [-0.1, -0.05) is 13.8 Å². The fourth-order valence-electron chi connectivity index (χ4n) is 1.95. The predicted molar refractivity (Wildman–Crippen MR) is 80.1 cm³/mol. The molecule has 0 saturated heterocycles. The number of rotatable bonds is 8. The van der Waals surface area contributed by atoms with Crippen LogP contribution in [0, 0.1) is 0 Å². The van der Waals surface area contributed by atoms with Gasteiger partial charge < -0.3 is 24.6 Å². The molecule has 0 bridgehead atoms. The van der Waals surface area contributed by atoms with Gasteiger partial charge in [0.25, 0.3) is 0 Å². The molecule has 0 aliphatic rings. The van der Waals surface area contributed by atoms with Gasteiger partial charge in [-0.3, -0.25) is 0 Å². The second-order valence-corrected chi connectivity index (χ2v) is 4.70. The van der Waals surface area contributed by atoms with Crippen molar-refractivity contribution >= 4 is 5.69 Å². The maximum absolute atomic E-state index is 10.3. The van der Waals surface area contributed by atoms with E-state index in [2.05, 4.69) is 5.32 Å². The number of aliphatic hydroxyl groups is 1. The molecule has 0 atom stereocenters. The van der Waals surface area contributed by atoms with Crippen molar-refractivity contribution < 1.29 is 19.3 Å². The Bertz CT molecular complexity index is 405. The molecule has 0 aliphatic carbocycles. The molecule has 0 saturated carbocycles. The van der Waals surface area contributed by atoms with Crippen molar-refractivity contribution in [1.82, 2.24) is 0 Å². The molecule has 0 fully saturated rings. The number of nitrogens with one attached hydrogen (secondary N) is 1. The molecular weight excluding hydrogens is 258 g/mol. The molecule has 0 unspecified atom stereocenters. The molecule has 0 radical (unpaired) electrons. The summed E-state index contributed by atoms with van der Waals surface area (Å²) in [5.74, 6) is 1.73. The van der Waals surface area contributed by atoms with E-state index < -0.39 is 5.60 Å². The highest BCUT2D eigenvalue weighted by molar-refractivity contribution is 5.62. The van der Waals surface area contributed by atoms with Crippen molar-refractivity contribution in [2.24, 2.45) is 0 Å². The lowest BCUT2D eigenvalue weighted by Crippen LogP contribution is -2.35. The van der Waals surface area contributed by atoms with Crippen LogP contribution in [0.5, 0.6) is 17.2 Å². The summed E-state index contributed by atoms with van der Waals surface area (Å²) in [4.78, 5) is 0. The number of methoxy groups -OCH3 is 3. The van der Waals surface area contributed by atoms with E-state index in [1.54, 1.807) is 21.3 Å². The van der Waals surface area contributed by atoms with E-state index in [-0.39, 0.29) is 0 Å². The van der Waals surface area contributed by atoms with E-state index in [9.17, 15) is 5.11 Å². The van der Waals surface area contributed by atoms with Crippen molar-refractivity contribution in [3.63, 3.8) is 0 Å². The zero-order valence-corrected chi connectivity index (χ0v) is 12.9. The lowest BCUT2D eigenvalue weighted by atomic mass is 9.97. The quantitative estimate of drug-likeness (QED) is 0.768. The Balaban J connectivity index is 2.96. The molecule has 0 aromatic heterocycles. The molecule has 5 heteroatoms. The van der Waals surface area contributed by atoms with Crippen LogP contribution in [-0.4, -0.2) is 38.6 Å². The molecular formula is C15H25NO4. The van der Waals surface area contributed by atoms with Gasteiger partial charge in [0.1, 0.15) is 0 Å². The number of ether oxygens (including phenoxy) is 3. The Hall–Kier alpha value is -1.62. The van der Waals surface area contributed by atoms with E-state index in [4.69, 9.17) is 14.2 Å². The number of hydrogen-bond donors (Lipinski definition) is 2. The first-order valence-electron chi connectivity index (χ1n) is 6.79.